The molecule has 1 aromatic heterocycles. The van der Waals surface area contributed by atoms with Gasteiger partial charge in [-0.3, -0.25) is 4.90 Å². The smallest absolute Gasteiger partial charge is 0.225 e. The molecule has 1 fully saturated rings. The Hall–Kier alpha value is -1.94. The van der Waals surface area contributed by atoms with Gasteiger partial charge in [0.25, 0.3) is 0 Å². The number of benzene rings is 1. The van der Waals surface area contributed by atoms with Gasteiger partial charge < -0.3 is 4.90 Å². The summed E-state index contributed by atoms with van der Waals surface area (Å²) in [6.45, 7) is 7.87. The highest BCUT2D eigenvalue weighted by Gasteiger charge is 2.20. The highest BCUT2D eigenvalue weighted by molar-refractivity contribution is 5.29. The van der Waals surface area contributed by atoms with Gasteiger partial charge in [0.15, 0.2) is 0 Å². The van der Waals surface area contributed by atoms with Gasteiger partial charge in [-0.15, -0.1) is 0 Å². The predicted molar refractivity (Wildman–Crippen MR) is 104 cm³/mol. The Labute approximate surface area is 151 Å². The van der Waals surface area contributed by atoms with Gasteiger partial charge in [0.1, 0.15) is 0 Å². The first-order valence-electron chi connectivity index (χ1n) is 9.63. The number of nitrogens with zero attached hydrogens (tertiary/aromatic N) is 4. The maximum Gasteiger partial charge on any atom is 0.225 e. The van der Waals surface area contributed by atoms with Crippen molar-refractivity contribution in [1.29, 1.82) is 0 Å². The van der Waals surface area contributed by atoms with E-state index >= 15 is 0 Å². The van der Waals surface area contributed by atoms with Crippen LogP contribution in [-0.4, -0.2) is 47.6 Å². The topological polar surface area (TPSA) is 32.3 Å². The van der Waals surface area contributed by atoms with Crippen LogP contribution in [0.5, 0.6) is 0 Å². The standard InChI is InChI=1S/C21H30N4/c1-2-19(10-6-11-20-8-4-3-5-9-20)18-24-14-16-25(17-15-24)21-22-12-7-13-23-21/h3-5,7-9,12-13,19H,2,6,10-11,14-18H2,1H3. The van der Waals surface area contributed by atoms with Crippen LogP contribution in [0.4, 0.5) is 5.95 Å². The molecule has 1 unspecified atom stereocenters. The Kier molecular flexibility index (Phi) is 6.80. The molecule has 0 N–H and O–H groups in total. The lowest BCUT2D eigenvalue weighted by Crippen LogP contribution is -2.48. The second-order valence-corrected chi connectivity index (χ2v) is 6.99. The maximum absolute atomic E-state index is 4.37. The fourth-order valence-corrected chi connectivity index (χ4v) is 3.61. The van der Waals surface area contributed by atoms with E-state index in [4.69, 9.17) is 0 Å². The quantitative estimate of drug-likeness (QED) is 0.735. The lowest BCUT2D eigenvalue weighted by atomic mass is 9.96. The van der Waals surface area contributed by atoms with E-state index < -0.39 is 0 Å². The molecule has 2 aromatic rings. The summed E-state index contributed by atoms with van der Waals surface area (Å²) >= 11 is 0. The average molecular weight is 338 g/mol. The van der Waals surface area contributed by atoms with E-state index in [9.17, 15) is 0 Å². The number of aryl methyl sites for hydroxylation is 1. The number of piperazine rings is 1. The molecule has 0 bridgehead atoms. The maximum atomic E-state index is 4.37. The fourth-order valence-electron chi connectivity index (χ4n) is 3.61. The van der Waals surface area contributed by atoms with Gasteiger partial charge in [0.2, 0.25) is 5.95 Å². The first-order valence-corrected chi connectivity index (χ1v) is 9.63. The monoisotopic (exact) mass is 338 g/mol. The molecule has 4 nitrogen and oxygen atoms in total. The minimum Gasteiger partial charge on any atom is -0.338 e. The molecule has 0 saturated carbocycles. The number of hydrogen-bond acceptors (Lipinski definition) is 4. The zero-order valence-electron chi connectivity index (χ0n) is 15.3. The third-order valence-corrected chi connectivity index (χ3v) is 5.22. The van der Waals surface area contributed by atoms with Crippen LogP contribution in [-0.2, 0) is 6.42 Å². The number of rotatable bonds is 8. The molecule has 1 aliphatic rings. The fraction of sp³-hybridized carbons (Fsp3) is 0.524. The summed E-state index contributed by atoms with van der Waals surface area (Å²) in [5, 5.41) is 0. The predicted octanol–water partition coefficient (Wildman–Crippen LogP) is 3.65. The molecule has 1 saturated heterocycles. The van der Waals surface area contributed by atoms with Crippen LogP contribution in [0.2, 0.25) is 0 Å². The highest BCUT2D eigenvalue weighted by Crippen LogP contribution is 2.17. The van der Waals surface area contributed by atoms with E-state index in [0.29, 0.717) is 0 Å². The molecule has 0 amide bonds. The lowest BCUT2D eigenvalue weighted by molar-refractivity contribution is 0.207. The zero-order chi connectivity index (χ0) is 17.3. The normalized spacial score (nSPS) is 16.8. The van der Waals surface area contributed by atoms with Crippen LogP contribution in [0.15, 0.2) is 48.8 Å². The van der Waals surface area contributed by atoms with Crippen LogP contribution in [0.3, 0.4) is 0 Å². The van der Waals surface area contributed by atoms with Gasteiger partial charge in [-0.1, -0.05) is 43.7 Å². The average Bonchev–Trinajstić information content (AvgIpc) is 2.69. The van der Waals surface area contributed by atoms with Crippen LogP contribution < -0.4 is 4.90 Å². The van der Waals surface area contributed by atoms with E-state index in [2.05, 4.69) is 57.0 Å². The molecule has 0 radical (unpaired) electrons. The van der Waals surface area contributed by atoms with Crippen molar-refractivity contribution >= 4 is 5.95 Å². The second kappa shape index (κ2) is 9.52. The van der Waals surface area contributed by atoms with Crippen LogP contribution in [0, 0.1) is 5.92 Å². The highest BCUT2D eigenvalue weighted by atomic mass is 15.3. The summed E-state index contributed by atoms with van der Waals surface area (Å²) < 4.78 is 0. The summed E-state index contributed by atoms with van der Waals surface area (Å²) in [5.74, 6) is 1.68. The van der Waals surface area contributed by atoms with Gasteiger partial charge >= 0.3 is 0 Å². The van der Waals surface area contributed by atoms with Crippen LogP contribution in [0.25, 0.3) is 0 Å². The van der Waals surface area contributed by atoms with Gasteiger partial charge in [-0.2, -0.15) is 0 Å². The van der Waals surface area contributed by atoms with Crippen molar-refractivity contribution in [3.8, 4) is 0 Å². The van der Waals surface area contributed by atoms with Crippen molar-refractivity contribution in [2.24, 2.45) is 5.92 Å². The van der Waals surface area contributed by atoms with Crippen molar-refractivity contribution < 1.29 is 0 Å². The Morgan fingerprint density at radius 1 is 0.960 bits per heavy atom. The van der Waals surface area contributed by atoms with E-state index in [1.807, 2.05) is 18.5 Å². The van der Waals surface area contributed by atoms with E-state index in [1.165, 1.54) is 37.8 Å². The molecule has 0 aliphatic carbocycles. The van der Waals surface area contributed by atoms with Gasteiger partial charge in [-0.05, 0) is 36.8 Å². The number of aromatic nitrogens is 2. The SMILES string of the molecule is CCC(CCCc1ccccc1)CN1CCN(c2ncccn2)CC1. The summed E-state index contributed by atoms with van der Waals surface area (Å²) in [7, 11) is 0. The summed E-state index contributed by atoms with van der Waals surface area (Å²) in [4.78, 5) is 13.7. The molecule has 1 aliphatic heterocycles. The third kappa shape index (κ3) is 5.53. The Bertz CT molecular complexity index is 591. The molecule has 1 aromatic carbocycles. The van der Waals surface area contributed by atoms with E-state index in [0.717, 1.165) is 38.0 Å². The van der Waals surface area contributed by atoms with Crippen molar-refractivity contribution in [1.82, 2.24) is 14.9 Å². The molecule has 134 valence electrons. The van der Waals surface area contributed by atoms with Crippen LogP contribution in [0.1, 0.15) is 31.7 Å². The molecule has 4 heteroatoms. The Morgan fingerprint density at radius 3 is 2.36 bits per heavy atom. The van der Waals surface area contributed by atoms with Crippen molar-refractivity contribution in [3.63, 3.8) is 0 Å². The Balaban J connectivity index is 1.39. The van der Waals surface area contributed by atoms with Crippen molar-refractivity contribution in [2.75, 3.05) is 37.6 Å². The Morgan fingerprint density at radius 2 is 1.68 bits per heavy atom. The van der Waals surface area contributed by atoms with E-state index in [-0.39, 0.29) is 0 Å². The molecule has 1 atom stereocenters. The number of anilines is 1. The summed E-state index contributed by atoms with van der Waals surface area (Å²) in [6, 6.07) is 12.7. The summed E-state index contributed by atoms with van der Waals surface area (Å²) in [5.41, 5.74) is 1.47. The molecule has 2 heterocycles. The second-order valence-electron chi connectivity index (χ2n) is 6.99. The first kappa shape index (κ1) is 17.9. The zero-order valence-corrected chi connectivity index (χ0v) is 15.3. The first-order chi connectivity index (χ1) is 12.3. The third-order valence-electron chi connectivity index (χ3n) is 5.22. The lowest BCUT2D eigenvalue weighted by Gasteiger charge is -2.36. The van der Waals surface area contributed by atoms with E-state index in [1.54, 1.807) is 0 Å². The van der Waals surface area contributed by atoms with Crippen molar-refractivity contribution in [3.05, 3.63) is 54.4 Å². The summed E-state index contributed by atoms with van der Waals surface area (Å²) in [6.07, 6.45) is 8.75. The van der Waals surface area contributed by atoms with Crippen LogP contribution >= 0.6 is 0 Å². The molecular formula is C21H30N4. The molecule has 0 spiro atoms. The number of hydrogen-bond donors (Lipinski definition) is 0. The molecular weight excluding hydrogens is 308 g/mol. The van der Waals surface area contributed by atoms with Gasteiger partial charge in [0.05, 0.1) is 0 Å². The minimum absolute atomic E-state index is 0.809. The molecule has 25 heavy (non-hydrogen) atoms. The largest absolute Gasteiger partial charge is 0.338 e. The van der Waals surface area contributed by atoms with Gasteiger partial charge in [-0.25, -0.2) is 9.97 Å². The van der Waals surface area contributed by atoms with Crippen molar-refractivity contribution in [2.45, 2.75) is 32.6 Å². The van der Waals surface area contributed by atoms with Gasteiger partial charge in [0, 0.05) is 45.1 Å². The molecule has 3 rings (SSSR count). The minimum atomic E-state index is 0.809.